The van der Waals surface area contributed by atoms with Crippen LogP contribution in [0.15, 0.2) is 35.8 Å². The topological polar surface area (TPSA) is 117 Å². The quantitative estimate of drug-likeness (QED) is 0.486. The van der Waals surface area contributed by atoms with E-state index >= 15 is 0 Å². The SMILES string of the molecule is CC1(C)OCC(C2OC(=O)C(O)=C2OCc2ccccc2[N+](=O)[O-])O1. The molecule has 1 aromatic carbocycles. The van der Waals surface area contributed by atoms with E-state index in [0.29, 0.717) is 5.56 Å². The summed E-state index contributed by atoms with van der Waals surface area (Å²) in [5.41, 5.74) is 0.181. The Hall–Kier alpha value is -2.65. The van der Waals surface area contributed by atoms with Gasteiger partial charge in [-0.25, -0.2) is 4.79 Å². The highest BCUT2D eigenvalue weighted by Crippen LogP contribution is 2.33. The maximum atomic E-state index is 11.7. The summed E-state index contributed by atoms with van der Waals surface area (Å²) in [4.78, 5) is 22.2. The molecule has 0 saturated carbocycles. The molecule has 9 nitrogen and oxygen atoms in total. The van der Waals surface area contributed by atoms with Crippen molar-refractivity contribution in [3.05, 3.63) is 51.5 Å². The predicted octanol–water partition coefficient (Wildman–Crippen LogP) is 1.96. The van der Waals surface area contributed by atoms with Crippen molar-refractivity contribution in [3.63, 3.8) is 0 Å². The van der Waals surface area contributed by atoms with Crippen LogP contribution in [0.5, 0.6) is 0 Å². The Morgan fingerprint density at radius 3 is 2.76 bits per heavy atom. The van der Waals surface area contributed by atoms with Gasteiger partial charge in [-0.3, -0.25) is 10.1 Å². The van der Waals surface area contributed by atoms with Crippen LogP contribution in [0.2, 0.25) is 0 Å². The Kier molecular flexibility index (Phi) is 4.36. The van der Waals surface area contributed by atoms with Crippen LogP contribution in [-0.4, -0.2) is 40.6 Å². The second-order valence-electron chi connectivity index (χ2n) is 6.08. The zero-order valence-electron chi connectivity index (χ0n) is 13.6. The fourth-order valence-corrected chi connectivity index (χ4v) is 2.69. The fourth-order valence-electron chi connectivity index (χ4n) is 2.69. The number of para-hydroxylation sites is 1. The van der Waals surface area contributed by atoms with Crippen LogP contribution in [-0.2, 0) is 30.3 Å². The Labute approximate surface area is 142 Å². The van der Waals surface area contributed by atoms with Crippen LogP contribution >= 0.6 is 0 Å². The van der Waals surface area contributed by atoms with Gasteiger partial charge in [-0.15, -0.1) is 0 Å². The third kappa shape index (κ3) is 3.42. The molecule has 3 rings (SSSR count). The van der Waals surface area contributed by atoms with Crippen molar-refractivity contribution >= 4 is 11.7 Å². The third-order valence-corrected chi connectivity index (χ3v) is 3.86. The largest absolute Gasteiger partial charge is 0.499 e. The predicted molar refractivity (Wildman–Crippen MR) is 82.3 cm³/mol. The smallest absolute Gasteiger partial charge is 0.378 e. The first kappa shape index (κ1) is 17.2. The molecule has 1 fully saturated rings. The molecule has 25 heavy (non-hydrogen) atoms. The van der Waals surface area contributed by atoms with E-state index in [9.17, 15) is 20.0 Å². The highest BCUT2D eigenvalue weighted by atomic mass is 16.8. The first-order chi connectivity index (χ1) is 11.8. The number of rotatable bonds is 5. The molecule has 1 saturated heterocycles. The van der Waals surface area contributed by atoms with E-state index in [4.69, 9.17) is 18.9 Å². The van der Waals surface area contributed by atoms with Gasteiger partial charge in [-0.2, -0.15) is 0 Å². The molecule has 2 aliphatic rings. The lowest BCUT2D eigenvalue weighted by Gasteiger charge is -2.21. The number of carbonyl (C=O) groups excluding carboxylic acids is 1. The summed E-state index contributed by atoms with van der Waals surface area (Å²) < 4.78 is 21.7. The zero-order chi connectivity index (χ0) is 18.2. The zero-order valence-corrected chi connectivity index (χ0v) is 13.6. The average molecular weight is 351 g/mol. The number of nitro benzene ring substituents is 1. The van der Waals surface area contributed by atoms with E-state index in [1.807, 2.05) is 0 Å². The molecule has 134 valence electrons. The Morgan fingerprint density at radius 1 is 1.40 bits per heavy atom. The van der Waals surface area contributed by atoms with Crippen molar-refractivity contribution in [3.8, 4) is 0 Å². The summed E-state index contributed by atoms with van der Waals surface area (Å²) in [6.07, 6.45) is -1.62. The van der Waals surface area contributed by atoms with Gasteiger partial charge in [0.25, 0.3) is 5.69 Å². The standard InChI is InChI=1S/C16H17NO8/c1-16(2)23-8-11(25-16)13-14(12(18)15(19)24-13)22-7-9-5-3-4-6-10(9)17(20)21/h3-6,11,13,18H,7-8H2,1-2H3. The van der Waals surface area contributed by atoms with Gasteiger partial charge in [0.05, 0.1) is 17.1 Å². The van der Waals surface area contributed by atoms with E-state index < -0.39 is 34.6 Å². The number of benzene rings is 1. The van der Waals surface area contributed by atoms with Crippen LogP contribution in [0, 0.1) is 10.1 Å². The first-order valence-corrected chi connectivity index (χ1v) is 7.59. The summed E-state index contributed by atoms with van der Waals surface area (Å²) in [5, 5.41) is 21.0. The second kappa shape index (κ2) is 6.34. The summed E-state index contributed by atoms with van der Waals surface area (Å²) >= 11 is 0. The van der Waals surface area contributed by atoms with E-state index in [0.717, 1.165) is 0 Å². The van der Waals surface area contributed by atoms with Gasteiger partial charge in [0.15, 0.2) is 17.7 Å². The first-order valence-electron chi connectivity index (χ1n) is 7.59. The molecule has 1 aromatic rings. The number of carbonyl (C=O) groups is 1. The molecule has 2 atom stereocenters. The molecular formula is C16H17NO8. The highest BCUT2D eigenvalue weighted by Gasteiger charge is 2.47. The minimum Gasteiger partial charge on any atom is -0.499 e. The molecular weight excluding hydrogens is 334 g/mol. The van der Waals surface area contributed by atoms with Crippen LogP contribution in [0.3, 0.4) is 0 Å². The number of nitro groups is 1. The number of hydrogen-bond acceptors (Lipinski definition) is 8. The molecule has 0 aromatic heterocycles. The summed E-state index contributed by atoms with van der Waals surface area (Å²) in [7, 11) is 0. The van der Waals surface area contributed by atoms with Gasteiger partial charge in [-0.1, -0.05) is 12.1 Å². The van der Waals surface area contributed by atoms with Crippen molar-refractivity contribution in [2.45, 2.75) is 38.4 Å². The number of hydrogen-bond donors (Lipinski definition) is 1. The molecule has 0 spiro atoms. The Morgan fingerprint density at radius 2 is 2.12 bits per heavy atom. The number of ether oxygens (including phenoxy) is 4. The lowest BCUT2D eigenvalue weighted by molar-refractivity contribution is -0.385. The molecule has 2 aliphatic heterocycles. The van der Waals surface area contributed by atoms with E-state index in [1.165, 1.54) is 18.2 Å². The van der Waals surface area contributed by atoms with Crippen LogP contribution in [0.4, 0.5) is 5.69 Å². The van der Waals surface area contributed by atoms with Gasteiger partial charge < -0.3 is 24.1 Å². The average Bonchev–Trinajstić information content (AvgIpc) is 3.06. The van der Waals surface area contributed by atoms with Gasteiger partial charge in [-0.05, 0) is 19.9 Å². The second-order valence-corrected chi connectivity index (χ2v) is 6.08. The van der Waals surface area contributed by atoms with E-state index in [1.54, 1.807) is 19.9 Å². The lowest BCUT2D eigenvalue weighted by atomic mass is 10.1. The molecule has 9 heteroatoms. The number of nitrogens with zero attached hydrogens (tertiary/aromatic N) is 1. The molecule has 0 radical (unpaired) electrons. The van der Waals surface area contributed by atoms with Crippen molar-refractivity contribution in [2.75, 3.05) is 6.61 Å². The number of cyclic esters (lactones) is 1. The molecule has 0 aliphatic carbocycles. The molecule has 0 bridgehead atoms. The normalized spacial score (nSPS) is 25.1. The van der Waals surface area contributed by atoms with Gasteiger partial charge in [0, 0.05) is 6.07 Å². The summed E-state index contributed by atoms with van der Waals surface area (Å²) in [6.45, 7) is 3.36. The van der Waals surface area contributed by atoms with Gasteiger partial charge in [0.2, 0.25) is 5.76 Å². The van der Waals surface area contributed by atoms with Crippen LogP contribution < -0.4 is 0 Å². The van der Waals surface area contributed by atoms with Crippen molar-refractivity contribution in [1.29, 1.82) is 0 Å². The lowest BCUT2D eigenvalue weighted by Crippen LogP contribution is -2.33. The molecule has 2 unspecified atom stereocenters. The maximum Gasteiger partial charge on any atom is 0.378 e. The van der Waals surface area contributed by atoms with Gasteiger partial charge in [0.1, 0.15) is 12.7 Å². The number of aliphatic hydroxyl groups excluding tert-OH is 1. The van der Waals surface area contributed by atoms with E-state index in [2.05, 4.69) is 0 Å². The highest BCUT2D eigenvalue weighted by molar-refractivity contribution is 5.89. The summed E-state index contributed by atoms with van der Waals surface area (Å²) in [6, 6.07) is 6.04. The number of aliphatic hydroxyl groups is 1. The van der Waals surface area contributed by atoms with Crippen LogP contribution in [0.25, 0.3) is 0 Å². The van der Waals surface area contributed by atoms with Crippen molar-refractivity contribution < 1.29 is 33.8 Å². The monoisotopic (exact) mass is 351 g/mol. The minimum absolute atomic E-state index is 0.116. The fraction of sp³-hybridized carbons (Fsp3) is 0.438. The van der Waals surface area contributed by atoms with Crippen molar-refractivity contribution in [1.82, 2.24) is 0 Å². The van der Waals surface area contributed by atoms with Gasteiger partial charge >= 0.3 is 5.97 Å². The minimum atomic E-state index is -0.975. The Balaban J connectivity index is 1.78. The summed E-state index contributed by atoms with van der Waals surface area (Å²) in [5.74, 6) is -2.57. The van der Waals surface area contributed by atoms with Crippen molar-refractivity contribution in [2.24, 2.45) is 0 Å². The number of esters is 1. The van der Waals surface area contributed by atoms with E-state index in [-0.39, 0.29) is 24.7 Å². The molecule has 1 N–H and O–H groups in total. The maximum absolute atomic E-state index is 11.7. The molecule has 2 heterocycles. The Bertz CT molecular complexity index is 741. The third-order valence-electron chi connectivity index (χ3n) is 3.86. The molecule has 0 amide bonds. The van der Waals surface area contributed by atoms with Crippen LogP contribution in [0.1, 0.15) is 19.4 Å².